The molecule has 4 heteroatoms. The maximum Gasteiger partial charge on any atom is 0.328 e. The fraction of sp³-hybridized carbons (Fsp3) is 0.0556. The van der Waals surface area contributed by atoms with Crippen molar-refractivity contribution >= 4 is 33.5 Å². The molecule has 0 radical (unpaired) electrons. The van der Waals surface area contributed by atoms with E-state index in [0.717, 1.165) is 21.0 Å². The minimum atomic E-state index is -1.04. The first-order valence-corrected chi connectivity index (χ1v) is 7.61. The fourth-order valence-corrected chi connectivity index (χ4v) is 3.45. The molecule has 0 saturated carbocycles. The maximum atomic E-state index is 14.1. The Morgan fingerprint density at radius 1 is 1.18 bits per heavy atom. The first-order valence-electron chi connectivity index (χ1n) is 6.79. The third-order valence-electron chi connectivity index (χ3n) is 3.39. The lowest BCUT2D eigenvalue weighted by atomic mass is 10.0. The van der Waals surface area contributed by atoms with E-state index in [9.17, 15) is 9.18 Å². The summed E-state index contributed by atoms with van der Waals surface area (Å²) < 4.78 is 15.3. The van der Waals surface area contributed by atoms with Crippen molar-refractivity contribution in [3.05, 3.63) is 76.4 Å². The van der Waals surface area contributed by atoms with Crippen LogP contribution in [0, 0.1) is 5.82 Å². The molecular formula is C18H13FO2S. The molecule has 0 fully saturated rings. The van der Waals surface area contributed by atoms with Gasteiger partial charge >= 0.3 is 5.97 Å². The van der Waals surface area contributed by atoms with Crippen LogP contribution in [-0.4, -0.2) is 11.1 Å². The number of carboxylic acids is 1. The molecule has 2 aromatic carbocycles. The van der Waals surface area contributed by atoms with Crippen molar-refractivity contribution in [2.45, 2.75) is 6.42 Å². The number of fused-ring (bicyclic) bond motifs is 1. The van der Waals surface area contributed by atoms with Gasteiger partial charge in [-0.25, -0.2) is 9.18 Å². The van der Waals surface area contributed by atoms with Gasteiger partial charge in [0.05, 0.1) is 0 Å². The number of aliphatic carboxylic acids is 1. The predicted octanol–water partition coefficient (Wildman–Crippen LogP) is 4.73. The normalized spacial score (nSPS) is 11.3. The van der Waals surface area contributed by atoms with Gasteiger partial charge in [-0.15, -0.1) is 11.3 Å². The van der Waals surface area contributed by atoms with Crippen molar-refractivity contribution in [3.63, 3.8) is 0 Å². The molecule has 0 unspecified atom stereocenters. The number of carboxylic acid groups (broad SMARTS) is 1. The van der Waals surface area contributed by atoms with Crippen molar-refractivity contribution in [2.75, 3.05) is 0 Å². The molecule has 0 aliphatic rings. The summed E-state index contributed by atoms with van der Waals surface area (Å²) in [4.78, 5) is 11.7. The molecule has 110 valence electrons. The summed E-state index contributed by atoms with van der Waals surface area (Å²) in [5.74, 6) is -1.36. The van der Waals surface area contributed by atoms with Gasteiger partial charge in [0.1, 0.15) is 5.82 Å². The van der Waals surface area contributed by atoms with Crippen LogP contribution in [-0.2, 0) is 11.2 Å². The number of hydrogen-bond donors (Lipinski definition) is 1. The van der Waals surface area contributed by atoms with Gasteiger partial charge in [0.2, 0.25) is 0 Å². The van der Waals surface area contributed by atoms with Gasteiger partial charge in [-0.1, -0.05) is 30.3 Å². The highest BCUT2D eigenvalue weighted by Gasteiger charge is 2.10. The van der Waals surface area contributed by atoms with Crippen LogP contribution >= 0.6 is 11.3 Å². The number of halogens is 1. The molecule has 1 heterocycles. The lowest BCUT2D eigenvalue weighted by Gasteiger charge is -2.06. The van der Waals surface area contributed by atoms with Crippen LogP contribution in [0.1, 0.15) is 16.0 Å². The van der Waals surface area contributed by atoms with Crippen LogP contribution in [0.15, 0.2) is 54.6 Å². The van der Waals surface area contributed by atoms with E-state index in [0.29, 0.717) is 17.5 Å². The van der Waals surface area contributed by atoms with Gasteiger partial charge in [-0.05, 0) is 35.2 Å². The standard InChI is InChI=1S/C18H13FO2S/c19-16-6-3-5-12(8-9-18(20)21)15(16)11-14-10-13-4-1-2-7-17(13)22-14/h1-10H,11H2,(H,20,21)/b9-8+. The molecule has 0 bridgehead atoms. The zero-order valence-electron chi connectivity index (χ0n) is 11.6. The van der Waals surface area contributed by atoms with Crippen molar-refractivity contribution < 1.29 is 14.3 Å². The lowest BCUT2D eigenvalue weighted by Crippen LogP contribution is -1.95. The molecule has 2 nitrogen and oxygen atoms in total. The van der Waals surface area contributed by atoms with Gasteiger partial charge < -0.3 is 5.11 Å². The number of carbonyl (C=O) groups is 1. The highest BCUT2D eigenvalue weighted by molar-refractivity contribution is 7.19. The second kappa shape index (κ2) is 6.12. The molecule has 1 aromatic heterocycles. The molecule has 0 saturated heterocycles. The third kappa shape index (κ3) is 3.07. The Hall–Kier alpha value is -2.46. The van der Waals surface area contributed by atoms with Crippen molar-refractivity contribution in [1.82, 2.24) is 0 Å². The maximum absolute atomic E-state index is 14.1. The van der Waals surface area contributed by atoms with E-state index in [2.05, 4.69) is 6.07 Å². The zero-order chi connectivity index (χ0) is 15.5. The minimum Gasteiger partial charge on any atom is -0.478 e. The lowest BCUT2D eigenvalue weighted by molar-refractivity contribution is -0.131. The van der Waals surface area contributed by atoms with Gasteiger partial charge in [0.15, 0.2) is 0 Å². The van der Waals surface area contributed by atoms with Gasteiger partial charge in [0.25, 0.3) is 0 Å². The second-order valence-corrected chi connectivity index (χ2v) is 6.07. The fourth-order valence-electron chi connectivity index (χ4n) is 2.38. The molecule has 22 heavy (non-hydrogen) atoms. The number of benzene rings is 2. The van der Waals surface area contributed by atoms with Crippen LogP contribution in [0.25, 0.3) is 16.2 Å². The van der Waals surface area contributed by atoms with E-state index in [4.69, 9.17) is 5.11 Å². The van der Waals surface area contributed by atoms with Crippen LogP contribution in [0.2, 0.25) is 0 Å². The number of hydrogen-bond acceptors (Lipinski definition) is 2. The average Bonchev–Trinajstić information content (AvgIpc) is 2.90. The van der Waals surface area contributed by atoms with Crippen LogP contribution in [0.4, 0.5) is 4.39 Å². The smallest absolute Gasteiger partial charge is 0.328 e. The van der Waals surface area contributed by atoms with E-state index in [1.807, 2.05) is 24.3 Å². The quantitative estimate of drug-likeness (QED) is 0.707. The van der Waals surface area contributed by atoms with E-state index in [1.165, 1.54) is 12.1 Å². The van der Waals surface area contributed by atoms with Crippen LogP contribution in [0.3, 0.4) is 0 Å². The first-order chi connectivity index (χ1) is 10.6. The molecule has 0 aliphatic carbocycles. The number of rotatable bonds is 4. The second-order valence-electron chi connectivity index (χ2n) is 4.91. The van der Waals surface area contributed by atoms with Gasteiger partial charge in [-0.2, -0.15) is 0 Å². The van der Waals surface area contributed by atoms with Crippen LogP contribution < -0.4 is 0 Å². The summed E-state index contributed by atoms with van der Waals surface area (Å²) in [6.07, 6.45) is 2.92. The Balaban J connectivity index is 1.98. The molecule has 0 amide bonds. The minimum absolute atomic E-state index is 0.315. The monoisotopic (exact) mass is 312 g/mol. The van der Waals surface area contributed by atoms with E-state index >= 15 is 0 Å². The molecule has 0 aliphatic heterocycles. The summed E-state index contributed by atoms with van der Waals surface area (Å²) in [5.41, 5.74) is 1.12. The summed E-state index contributed by atoms with van der Waals surface area (Å²) in [6, 6.07) is 14.8. The summed E-state index contributed by atoms with van der Waals surface area (Å²) >= 11 is 1.63. The summed E-state index contributed by atoms with van der Waals surface area (Å²) in [7, 11) is 0. The molecular weight excluding hydrogens is 299 g/mol. The van der Waals surface area contributed by atoms with E-state index in [1.54, 1.807) is 23.5 Å². The molecule has 3 rings (SSSR count). The van der Waals surface area contributed by atoms with Gasteiger partial charge in [0, 0.05) is 27.6 Å². The number of thiophene rings is 1. The Morgan fingerprint density at radius 2 is 2.00 bits per heavy atom. The molecule has 3 aromatic rings. The molecule has 0 atom stereocenters. The average molecular weight is 312 g/mol. The first kappa shape index (κ1) is 14.5. The zero-order valence-corrected chi connectivity index (χ0v) is 12.4. The Bertz CT molecular complexity index is 831. The molecule has 0 spiro atoms. The molecule has 1 N–H and O–H groups in total. The van der Waals surface area contributed by atoms with Gasteiger partial charge in [-0.3, -0.25) is 0 Å². The third-order valence-corrected chi connectivity index (χ3v) is 4.50. The Morgan fingerprint density at radius 3 is 2.77 bits per heavy atom. The van der Waals surface area contributed by atoms with Crippen molar-refractivity contribution in [3.8, 4) is 0 Å². The van der Waals surface area contributed by atoms with Crippen molar-refractivity contribution in [2.24, 2.45) is 0 Å². The van der Waals surface area contributed by atoms with E-state index in [-0.39, 0.29) is 5.82 Å². The van der Waals surface area contributed by atoms with Crippen LogP contribution in [0.5, 0.6) is 0 Å². The largest absolute Gasteiger partial charge is 0.478 e. The predicted molar refractivity (Wildman–Crippen MR) is 87.7 cm³/mol. The highest BCUT2D eigenvalue weighted by atomic mass is 32.1. The highest BCUT2D eigenvalue weighted by Crippen LogP contribution is 2.29. The SMILES string of the molecule is O=C(O)/C=C/c1cccc(F)c1Cc1cc2ccccc2s1. The van der Waals surface area contributed by atoms with E-state index < -0.39 is 5.97 Å². The van der Waals surface area contributed by atoms with Crippen molar-refractivity contribution in [1.29, 1.82) is 0 Å². The summed E-state index contributed by atoms with van der Waals surface area (Å²) in [5, 5.41) is 9.88. The summed E-state index contributed by atoms with van der Waals surface area (Å²) in [6.45, 7) is 0. The Labute approximate surface area is 131 Å². The topological polar surface area (TPSA) is 37.3 Å². The Kier molecular flexibility index (Phi) is 4.02.